The highest BCUT2D eigenvalue weighted by atomic mass is 14.9. The lowest BCUT2D eigenvalue weighted by atomic mass is 9.67. The fourth-order valence-electron chi connectivity index (χ4n) is 3.87. The van der Waals surface area contributed by atoms with Crippen molar-refractivity contribution in [3.63, 3.8) is 0 Å². The average Bonchev–Trinajstić information content (AvgIpc) is 2.38. The lowest BCUT2D eigenvalue weighted by Gasteiger charge is -2.44. The van der Waals surface area contributed by atoms with Crippen LogP contribution in [0, 0.1) is 17.8 Å². The molecule has 3 rings (SSSR count). The largest absolute Gasteiger partial charge is 0.310 e. The molecular weight excluding hydrogens is 218 g/mol. The zero-order valence-corrected chi connectivity index (χ0v) is 11.7. The zero-order valence-electron chi connectivity index (χ0n) is 11.7. The van der Waals surface area contributed by atoms with Gasteiger partial charge in [-0.2, -0.15) is 0 Å². The summed E-state index contributed by atoms with van der Waals surface area (Å²) in [4.78, 5) is 0. The van der Waals surface area contributed by atoms with Crippen LogP contribution in [0.2, 0.25) is 0 Å². The van der Waals surface area contributed by atoms with E-state index in [0.29, 0.717) is 12.0 Å². The summed E-state index contributed by atoms with van der Waals surface area (Å²) >= 11 is 0. The van der Waals surface area contributed by atoms with E-state index in [4.69, 9.17) is 0 Å². The van der Waals surface area contributed by atoms with Crippen LogP contribution < -0.4 is 5.32 Å². The van der Waals surface area contributed by atoms with Gasteiger partial charge in [-0.1, -0.05) is 48.8 Å². The molecule has 2 aliphatic carbocycles. The molecule has 18 heavy (non-hydrogen) atoms. The maximum Gasteiger partial charge on any atom is 0.0324 e. The zero-order chi connectivity index (χ0) is 12.5. The SMILES string of the molecule is CCCC1=CC2NCC3CCC(C)=CC3C2C=C1. The van der Waals surface area contributed by atoms with Crippen molar-refractivity contribution >= 4 is 0 Å². The molecule has 1 aliphatic heterocycles. The Kier molecular flexibility index (Phi) is 3.43. The Morgan fingerprint density at radius 3 is 3.00 bits per heavy atom. The molecule has 0 aromatic rings. The first-order valence-corrected chi connectivity index (χ1v) is 7.57. The Morgan fingerprint density at radius 1 is 1.28 bits per heavy atom. The molecule has 1 heteroatoms. The monoisotopic (exact) mass is 243 g/mol. The molecule has 98 valence electrons. The molecule has 0 radical (unpaired) electrons. The van der Waals surface area contributed by atoms with Crippen LogP contribution in [-0.4, -0.2) is 12.6 Å². The van der Waals surface area contributed by atoms with Gasteiger partial charge in [-0.15, -0.1) is 0 Å². The van der Waals surface area contributed by atoms with Crippen molar-refractivity contribution in [3.05, 3.63) is 35.5 Å². The number of nitrogens with one attached hydrogen (secondary N) is 1. The van der Waals surface area contributed by atoms with Gasteiger partial charge < -0.3 is 5.32 Å². The number of allylic oxidation sites excluding steroid dienone is 4. The Morgan fingerprint density at radius 2 is 2.17 bits per heavy atom. The molecule has 0 aromatic carbocycles. The van der Waals surface area contributed by atoms with E-state index < -0.39 is 0 Å². The maximum atomic E-state index is 3.77. The smallest absolute Gasteiger partial charge is 0.0324 e. The van der Waals surface area contributed by atoms with Crippen LogP contribution in [0.3, 0.4) is 0 Å². The highest BCUT2D eigenvalue weighted by Gasteiger charge is 2.38. The second-order valence-corrected chi connectivity index (χ2v) is 6.25. The molecule has 3 aliphatic rings. The Hall–Kier alpha value is -0.820. The quantitative estimate of drug-likeness (QED) is 0.727. The highest BCUT2D eigenvalue weighted by molar-refractivity contribution is 5.31. The molecule has 1 fully saturated rings. The van der Waals surface area contributed by atoms with Crippen LogP contribution in [0.5, 0.6) is 0 Å². The van der Waals surface area contributed by atoms with E-state index in [1.54, 1.807) is 5.57 Å². The molecule has 0 spiro atoms. The number of hydrogen-bond acceptors (Lipinski definition) is 1. The summed E-state index contributed by atoms with van der Waals surface area (Å²) in [6, 6.07) is 0.583. The fraction of sp³-hybridized carbons (Fsp3) is 0.647. The molecular formula is C17H25N. The van der Waals surface area contributed by atoms with Crippen molar-refractivity contribution < 1.29 is 0 Å². The summed E-state index contributed by atoms with van der Waals surface area (Å²) in [5, 5.41) is 3.77. The van der Waals surface area contributed by atoms with E-state index in [-0.39, 0.29) is 0 Å². The van der Waals surface area contributed by atoms with E-state index in [2.05, 4.69) is 43.5 Å². The van der Waals surface area contributed by atoms with Crippen molar-refractivity contribution in [2.75, 3.05) is 6.54 Å². The molecule has 1 saturated heterocycles. The molecule has 0 saturated carbocycles. The summed E-state index contributed by atoms with van der Waals surface area (Å²) in [6.07, 6.45) is 15.1. The second kappa shape index (κ2) is 5.05. The molecule has 0 aromatic heterocycles. The number of fused-ring (bicyclic) bond motifs is 3. The van der Waals surface area contributed by atoms with Gasteiger partial charge in [-0.25, -0.2) is 0 Å². The molecule has 4 atom stereocenters. The van der Waals surface area contributed by atoms with E-state index in [0.717, 1.165) is 11.8 Å². The van der Waals surface area contributed by atoms with Crippen molar-refractivity contribution in [1.82, 2.24) is 5.32 Å². The van der Waals surface area contributed by atoms with E-state index in [9.17, 15) is 0 Å². The van der Waals surface area contributed by atoms with Crippen LogP contribution in [0.15, 0.2) is 35.5 Å². The van der Waals surface area contributed by atoms with Gasteiger partial charge in [0.25, 0.3) is 0 Å². The van der Waals surface area contributed by atoms with E-state index >= 15 is 0 Å². The van der Waals surface area contributed by atoms with E-state index in [1.807, 2.05) is 0 Å². The summed E-state index contributed by atoms with van der Waals surface area (Å²) in [7, 11) is 0. The minimum atomic E-state index is 0.583. The summed E-state index contributed by atoms with van der Waals surface area (Å²) in [5.41, 5.74) is 3.13. The van der Waals surface area contributed by atoms with Crippen LogP contribution in [0.25, 0.3) is 0 Å². The summed E-state index contributed by atoms with van der Waals surface area (Å²) in [6.45, 7) is 5.77. The molecule has 0 amide bonds. The topological polar surface area (TPSA) is 12.0 Å². The lowest BCUT2D eigenvalue weighted by molar-refractivity contribution is 0.193. The van der Waals surface area contributed by atoms with Crippen LogP contribution >= 0.6 is 0 Å². The molecule has 1 N–H and O–H groups in total. The first-order chi connectivity index (χ1) is 8.78. The van der Waals surface area contributed by atoms with Crippen LogP contribution in [0.1, 0.15) is 39.5 Å². The number of piperidine rings is 1. The fourth-order valence-corrected chi connectivity index (χ4v) is 3.87. The third kappa shape index (κ3) is 2.21. The predicted octanol–water partition coefficient (Wildman–Crippen LogP) is 3.84. The summed E-state index contributed by atoms with van der Waals surface area (Å²) < 4.78 is 0. The molecule has 1 heterocycles. The predicted molar refractivity (Wildman–Crippen MR) is 77.4 cm³/mol. The van der Waals surface area contributed by atoms with Gasteiger partial charge in [0.15, 0.2) is 0 Å². The van der Waals surface area contributed by atoms with Gasteiger partial charge in [0, 0.05) is 12.0 Å². The minimum absolute atomic E-state index is 0.583. The summed E-state index contributed by atoms with van der Waals surface area (Å²) in [5.74, 6) is 2.33. The first kappa shape index (κ1) is 12.2. The third-order valence-electron chi connectivity index (χ3n) is 4.87. The highest BCUT2D eigenvalue weighted by Crippen LogP contribution is 2.40. The molecule has 1 nitrogen and oxygen atoms in total. The number of hydrogen-bond donors (Lipinski definition) is 1. The maximum absolute atomic E-state index is 3.77. The van der Waals surface area contributed by atoms with Gasteiger partial charge in [-0.3, -0.25) is 0 Å². The third-order valence-corrected chi connectivity index (χ3v) is 4.87. The molecule has 0 bridgehead atoms. The van der Waals surface area contributed by atoms with Crippen molar-refractivity contribution in [2.24, 2.45) is 17.8 Å². The average molecular weight is 243 g/mol. The van der Waals surface area contributed by atoms with Crippen molar-refractivity contribution in [3.8, 4) is 0 Å². The lowest BCUT2D eigenvalue weighted by Crippen LogP contribution is -2.50. The second-order valence-electron chi connectivity index (χ2n) is 6.25. The van der Waals surface area contributed by atoms with Gasteiger partial charge in [-0.05, 0) is 44.6 Å². The van der Waals surface area contributed by atoms with Crippen molar-refractivity contribution in [2.45, 2.75) is 45.6 Å². The minimum Gasteiger partial charge on any atom is -0.310 e. The van der Waals surface area contributed by atoms with Gasteiger partial charge >= 0.3 is 0 Å². The Balaban J connectivity index is 1.81. The number of rotatable bonds is 2. The Labute approximate surface area is 111 Å². The van der Waals surface area contributed by atoms with E-state index in [1.165, 1.54) is 37.8 Å². The first-order valence-electron chi connectivity index (χ1n) is 7.57. The van der Waals surface area contributed by atoms with Gasteiger partial charge in [0.1, 0.15) is 0 Å². The van der Waals surface area contributed by atoms with Crippen LogP contribution in [0.4, 0.5) is 0 Å². The van der Waals surface area contributed by atoms with Gasteiger partial charge in [0.05, 0.1) is 0 Å². The van der Waals surface area contributed by atoms with Crippen molar-refractivity contribution in [1.29, 1.82) is 0 Å². The molecule has 4 unspecified atom stereocenters. The normalized spacial score (nSPS) is 38.6. The Bertz CT molecular complexity index is 402. The van der Waals surface area contributed by atoms with Gasteiger partial charge in [0.2, 0.25) is 0 Å². The van der Waals surface area contributed by atoms with Crippen LogP contribution in [-0.2, 0) is 0 Å². The standard InChI is InChI=1S/C17H25N/c1-3-4-13-6-8-15-16-9-12(2)5-7-14(16)11-18-17(15)10-13/h6,8-10,14-18H,3-5,7,11H2,1-2H3.